The fourth-order valence-corrected chi connectivity index (χ4v) is 1.17. The Morgan fingerprint density at radius 2 is 1.94 bits per heavy atom. The molecule has 0 aromatic heterocycles. The molecule has 4 nitrogen and oxygen atoms in total. The lowest BCUT2D eigenvalue weighted by Crippen LogP contribution is -2.13. The number of hydrogen-bond donors (Lipinski definition) is 1. The van der Waals surface area contributed by atoms with Gasteiger partial charge >= 0.3 is 5.97 Å². The van der Waals surface area contributed by atoms with Gasteiger partial charge in [-0.1, -0.05) is 25.1 Å². The van der Waals surface area contributed by atoms with Gasteiger partial charge < -0.3 is 10.1 Å². The Hall–Kier alpha value is -2.10. The summed E-state index contributed by atoms with van der Waals surface area (Å²) in [6, 6.07) is 9.02. The zero-order chi connectivity index (χ0) is 13.4. The molecule has 0 radical (unpaired) electrons. The van der Waals surface area contributed by atoms with Crippen LogP contribution in [0.25, 0.3) is 0 Å². The molecule has 0 aliphatic rings. The predicted octanol–water partition coefficient (Wildman–Crippen LogP) is 2.52. The smallest absolute Gasteiger partial charge is 0.331 e. The number of ether oxygens (including phenoxy) is 1. The summed E-state index contributed by atoms with van der Waals surface area (Å²) < 4.78 is 4.99. The van der Waals surface area contributed by atoms with E-state index >= 15 is 0 Å². The molecule has 1 aromatic carbocycles. The summed E-state index contributed by atoms with van der Waals surface area (Å²) in [6.07, 6.45) is 2.90. The Morgan fingerprint density at radius 1 is 1.28 bits per heavy atom. The summed E-state index contributed by atoms with van der Waals surface area (Å²) >= 11 is 0. The van der Waals surface area contributed by atoms with E-state index in [-0.39, 0.29) is 12.0 Å². The number of carbonyl (C=O) groups excluding carboxylic acids is 2. The third-order valence-corrected chi connectivity index (χ3v) is 2.30. The average molecular weight is 247 g/mol. The molecule has 4 heteroatoms. The van der Waals surface area contributed by atoms with Crippen molar-refractivity contribution in [3.8, 4) is 0 Å². The van der Waals surface area contributed by atoms with Gasteiger partial charge in [-0.15, -0.1) is 0 Å². The first kappa shape index (κ1) is 14.0. The van der Waals surface area contributed by atoms with Crippen molar-refractivity contribution in [1.82, 2.24) is 0 Å². The topological polar surface area (TPSA) is 55.4 Å². The van der Waals surface area contributed by atoms with E-state index in [1.165, 1.54) is 0 Å². The first-order valence-corrected chi connectivity index (χ1v) is 5.86. The quantitative estimate of drug-likeness (QED) is 0.642. The van der Waals surface area contributed by atoms with Crippen LogP contribution in [0.15, 0.2) is 42.5 Å². The third-order valence-electron chi connectivity index (χ3n) is 2.30. The molecule has 1 aromatic rings. The van der Waals surface area contributed by atoms with Gasteiger partial charge in [0, 0.05) is 17.8 Å². The van der Waals surface area contributed by atoms with Crippen LogP contribution < -0.4 is 5.32 Å². The van der Waals surface area contributed by atoms with Gasteiger partial charge in [-0.3, -0.25) is 4.79 Å². The number of carbonyl (C=O) groups is 2. The number of hydrogen-bond acceptors (Lipinski definition) is 3. The van der Waals surface area contributed by atoms with E-state index in [0.29, 0.717) is 5.69 Å². The number of para-hydroxylation sites is 1. The molecule has 1 N–H and O–H groups in total. The minimum Gasteiger partial charge on any atom is -0.460 e. The maximum Gasteiger partial charge on any atom is 0.331 e. The van der Waals surface area contributed by atoms with Crippen LogP contribution in [-0.2, 0) is 14.3 Å². The van der Waals surface area contributed by atoms with E-state index in [4.69, 9.17) is 4.74 Å². The molecule has 1 rings (SSSR count). The maximum absolute atomic E-state index is 11.5. The van der Waals surface area contributed by atoms with E-state index in [2.05, 4.69) is 5.32 Å². The van der Waals surface area contributed by atoms with E-state index in [1.807, 2.05) is 25.1 Å². The van der Waals surface area contributed by atoms with Crippen LogP contribution in [0, 0.1) is 0 Å². The molecule has 1 amide bonds. The van der Waals surface area contributed by atoms with Crippen LogP contribution in [0.3, 0.4) is 0 Å². The van der Waals surface area contributed by atoms with Crippen LogP contribution in [0.4, 0.5) is 5.69 Å². The number of anilines is 1. The third kappa shape index (κ3) is 5.30. The molecule has 1 unspecified atom stereocenters. The van der Waals surface area contributed by atoms with Gasteiger partial charge in [0.25, 0.3) is 0 Å². The lowest BCUT2D eigenvalue weighted by molar-refractivity contribution is -0.142. The zero-order valence-electron chi connectivity index (χ0n) is 10.6. The van der Waals surface area contributed by atoms with Crippen molar-refractivity contribution in [2.45, 2.75) is 26.4 Å². The average Bonchev–Trinajstić information content (AvgIpc) is 2.37. The normalized spacial score (nSPS) is 12.1. The lowest BCUT2D eigenvalue weighted by Gasteiger charge is -2.07. The Labute approximate surface area is 107 Å². The van der Waals surface area contributed by atoms with Gasteiger partial charge in [0.15, 0.2) is 0 Å². The van der Waals surface area contributed by atoms with Crippen molar-refractivity contribution in [3.05, 3.63) is 42.5 Å². The summed E-state index contributed by atoms with van der Waals surface area (Å²) in [5.74, 6) is -0.866. The SMILES string of the molecule is CCC(C)OC(=O)/C=C/C(=O)Nc1ccccc1. The highest BCUT2D eigenvalue weighted by Crippen LogP contribution is 2.04. The first-order valence-electron chi connectivity index (χ1n) is 5.86. The van der Waals surface area contributed by atoms with Crippen molar-refractivity contribution < 1.29 is 14.3 Å². The number of amides is 1. The van der Waals surface area contributed by atoms with Crippen molar-refractivity contribution in [3.63, 3.8) is 0 Å². The fraction of sp³-hybridized carbons (Fsp3) is 0.286. The largest absolute Gasteiger partial charge is 0.460 e. The molecule has 0 bridgehead atoms. The fourth-order valence-electron chi connectivity index (χ4n) is 1.17. The van der Waals surface area contributed by atoms with E-state index < -0.39 is 5.97 Å². The monoisotopic (exact) mass is 247 g/mol. The Balaban J connectivity index is 2.42. The zero-order valence-corrected chi connectivity index (χ0v) is 10.6. The summed E-state index contributed by atoms with van der Waals surface area (Å²) in [6.45, 7) is 3.72. The van der Waals surface area contributed by atoms with Gasteiger partial charge in [-0.05, 0) is 25.5 Å². The highest BCUT2D eigenvalue weighted by molar-refractivity contribution is 6.02. The molecule has 0 spiro atoms. The molecular formula is C14H17NO3. The van der Waals surface area contributed by atoms with Crippen molar-refractivity contribution >= 4 is 17.6 Å². The minimum atomic E-state index is -0.507. The molecule has 0 saturated heterocycles. The number of esters is 1. The highest BCUT2D eigenvalue weighted by atomic mass is 16.5. The van der Waals surface area contributed by atoms with Gasteiger partial charge in [0.2, 0.25) is 5.91 Å². The molecule has 0 heterocycles. The van der Waals surface area contributed by atoms with Gasteiger partial charge in [0.1, 0.15) is 0 Å². The maximum atomic E-state index is 11.5. The van der Waals surface area contributed by atoms with Crippen LogP contribution in [-0.4, -0.2) is 18.0 Å². The van der Waals surface area contributed by atoms with Crippen LogP contribution in [0.2, 0.25) is 0 Å². The van der Waals surface area contributed by atoms with E-state index in [1.54, 1.807) is 19.1 Å². The van der Waals surface area contributed by atoms with Crippen LogP contribution >= 0.6 is 0 Å². The van der Waals surface area contributed by atoms with Crippen molar-refractivity contribution in [2.24, 2.45) is 0 Å². The minimum absolute atomic E-state index is 0.140. The number of nitrogens with one attached hydrogen (secondary N) is 1. The molecule has 18 heavy (non-hydrogen) atoms. The van der Waals surface area contributed by atoms with Gasteiger partial charge in [-0.25, -0.2) is 4.79 Å². The van der Waals surface area contributed by atoms with E-state index in [0.717, 1.165) is 18.6 Å². The molecule has 0 aliphatic carbocycles. The molecule has 0 saturated carbocycles. The molecule has 0 aliphatic heterocycles. The second kappa shape index (κ2) is 7.27. The summed E-state index contributed by atoms with van der Waals surface area (Å²) in [5.41, 5.74) is 0.683. The molecule has 96 valence electrons. The summed E-state index contributed by atoms with van der Waals surface area (Å²) in [5, 5.41) is 2.63. The van der Waals surface area contributed by atoms with Crippen LogP contribution in [0.1, 0.15) is 20.3 Å². The Kier molecular flexibility index (Phi) is 5.64. The highest BCUT2D eigenvalue weighted by Gasteiger charge is 2.04. The number of rotatable bonds is 5. The molecular weight excluding hydrogens is 230 g/mol. The summed E-state index contributed by atoms with van der Waals surface area (Å²) in [7, 11) is 0. The second-order valence-electron chi connectivity index (χ2n) is 3.84. The Morgan fingerprint density at radius 3 is 2.56 bits per heavy atom. The molecule has 0 fully saturated rings. The van der Waals surface area contributed by atoms with E-state index in [9.17, 15) is 9.59 Å². The summed E-state index contributed by atoms with van der Waals surface area (Å²) in [4.78, 5) is 22.7. The van der Waals surface area contributed by atoms with Gasteiger partial charge in [0.05, 0.1) is 6.10 Å². The van der Waals surface area contributed by atoms with Gasteiger partial charge in [-0.2, -0.15) is 0 Å². The first-order chi connectivity index (χ1) is 8.61. The molecule has 1 atom stereocenters. The van der Waals surface area contributed by atoms with Crippen molar-refractivity contribution in [1.29, 1.82) is 0 Å². The second-order valence-corrected chi connectivity index (χ2v) is 3.84. The van der Waals surface area contributed by atoms with Crippen molar-refractivity contribution in [2.75, 3.05) is 5.32 Å². The predicted molar refractivity (Wildman–Crippen MR) is 70.1 cm³/mol. The van der Waals surface area contributed by atoms with Crippen LogP contribution in [0.5, 0.6) is 0 Å². The standard InChI is InChI=1S/C14H17NO3/c1-3-11(2)18-14(17)10-9-13(16)15-12-7-5-4-6-8-12/h4-11H,3H2,1-2H3,(H,15,16)/b10-9+. The Bertz CT molecular complexity index is 426. The lowest BCUT2D eigenvalue weighted by atomic mass is 10.3. The number of benzene rings is 1.